The zero-order chi connectivity index (χ0) is 16.2. The Bertz CT molecular complexity index is 319. The molecule has 0 radical (unpaired) electrons. The smallest absolute Gasteiger partial charge is 0.418 e. The largest absolute Gasteiger partial charge is 0.673 e. The van der Waals surface area contributed by atoms with Crippen LogP contribution in [0.4, 0.5) is 17.3 Å². The minimum Gasteiger partial charge on any atom is -0.418 e. The van der Waals surface area contributed by atoms with Gasteiger partial charge in [0.25, 0.3) is 0 Å². The second kappa shape index (κ2) is 8.24. The molecule has 0 aromatic rings. The van der Waals surface area contributed by atoms with E-state index in [1.54, 1.807) is 0 Å². The van der Waals surface area contributed by atoms with Crippen molar-refractivity contribution >= 4 is 15.6 Å². The van der Waals surface area contributed by atoms with Gasteiger partial charge < -0.3 is 22.4 Å². The van der Waals surface area contributed by atoms with Gasteiger partial charge in [0, 0.05) is 32.7 Å². The molecule has 3 fully saturated rings. The molecular formula is C12H25BF4N3OP. The van der Waals surface area contributed by atoms with Crippen LogP contribution in [0.1, 0.15) is 38.5 Å². The Morgan fingerprint density at radius 3 is 1.50 bits per heavy atom. The maximum atomic E-state index is 10.2. The summed E-state index contributed by atoms with van der Waals surface area (Å²) in [5.41, 5.74) is 0. The highest BCUT2D eigenvalue weighted by Gasteiger charge is 2.45. The molecule has 3 aliphatic rings. The van der Waals surface area contributed by atoms with Gasteiger partial charge >= 0.3 is 7.25 Å². The van der Waals surface area contributed by atoms with E-state index >= 15 is 0 Å². The lowest BCUT2D eigenvalue weighted by Crippen LogP contribution is -2.37. The second-order valence-corrected chi connectivity index (χ2v) is 8.44. The topological polar surface area (TPSA) is 30.0 Å². The SMILES string of the molecule is F[B-](F)(F)F.OC1CCCN1[PH+](N1CCCC1)N1CCCC1. The van der Waals surface area contributed by atoms with Crippen LogP contribution in [0.15, 0.2) is 0 Å². The second-order valence-electron chi connectivity index (χ2n) is 6.00. The van der Waals surface area contributed by atoms with Crippen LogP contribution in [0.25, 0.3) is 0 Å². The summed E-state index contributed by atoms with van der Waals surface area (Å²) in [5.74, 6) is 0. The van der Waals surface area contributed by atoms with E-state index in [2.05, 4.69) is 14.0 Å². The monoisotopic (exact) mass is 345 g/mol. The molecule has 10 heteroatoms. The minimum atomic E-state index is -6.00. The van der Waals surface area contributed by atoms with E-state index in [9.17, 15) is 22.4 Å². The summed E-state index contributed by atoms with van der Waals surface area (Å²) in [5, 5.41) is 10.2. The molecule has 4 nitrogen and oxygen atoms in total. The molecule has 130 valence electrons. The fourth-order valence-corrected chi connectivity index (χ4v) is 6.69. The number of aliphatic hydroxyl groups excluding tert-OH is 1. The van der Waals surface area contributed by atoms with E-state index in [4.69, 9.17) is 0 Å². The predicted octanol–water partition coefficient (Wildman–Crippen LogP) is 2.85. The Morgan fingerprint density at radius 2 is 1.18 bits per heavy atom. The van der Waals surface area contributed by atoms with Gasteiger partial charge in [-0.05, 0) is 38.5 Å². The number of halogens is 4. The van der Waals surface area contributed by atoms with E-state index in [0.717, 1.165) is 13.0 Å². The van der Waals surface area contributed by atoms with Gasteiger partial charge in [0.2, 0.25) is 8.37 Å². The fourth-order valence-electron chi connectivity index (χ4n) is 3.38. The van der Waals surface area contributed by atoms with Gasteiger partial charge in [0.05, 0.1) is 0 Å². The summed E-state index contributed by atoms with van der Waals surface area (Å²) in [4.78, 5) is 0. The molecule has 0 saturated carbocycles. The van der Waals surface area contributed by atoms with E-state index in [0.29, 0.717) is 0 Å². The lowest BCUT2D eigenvalue weighted by atomic mass is 10.3. The summed E-state index contributed by atoms with van der Waals surface area (Å²) in [6.07, 6.45) is 7.41. The molecule has 3 saturated heterocycles. The molecule has 1 atom stereocenters. The van der Waals surface area contributed by atoms with Crippen molar-refractivity contribution < 1.29 is 22.4 Å². The zero-order valence-corrected chi connectivity index (χ0v) is 13.7. The van der Waals surface area contributed by atoms with Crippen LogP contribution in [0.2, 0.25) is 0 Å². The Labute approximate surface area is 130 Å². The van der Waals surface area contributed by atoms with Crippen LogP contribution in [-0.2, 0) is 0 Å². The maximum absolute atomic E-state index is 10.2. The molecule has 0 aromatic carbocycles. The van der Waals surface area contributed by atoms with Crippen LogP contribution in [-0.4, -0.2) is 65.3 Å². The van der Waals surface area contributed by atoms with Crippen molar-refractivity contribution in [2.75, 3.05) is 32.7 Å². The average Bonchev–Trinajstić information content (AvgIpc) is 3.13. The highest BCUT2D eigenvalue weighted by molar-refractivity contribution is 7.50. The standard InChI is InChI=1S/C12H24N3OP.BF4/c16-12-6-5-11-15(12)17(13-7-1-2-8-13)14-9-3-4-10-14;2-1(3,4)5/h12,16H,1-11H2;/q;-1/p+1. The van der Waals surface area contributed by atoms with Crippen LogP contribution >= 0.6 is 8.37 Å². The highest BCUT2D eigenvalue weighted by atomic mass is 31.2. The van der Waals surface area contributed by atoms with E-state index in [1.807, 2.05) is 0 Å². The minimum absolute atomic E-state index is 0.162. The van der Waals surface area contributed by atoms with Gasteiger partial charge in [-0.1, -0.05) is 0 Å². The Hall–Kier alpha value is 0.0549. The third-order valence-corrected chi connectivity index (χ3v) is 7.32. The van der Waals surface area contributed by atoms with Crippen LogP contribution in [0.5, 0.6) is 0 Å². The van der Waals surface area contributed by atoms with Crippen LogP contribution in [0.3, 0.4) is 0 Å². The third kappa shape index (κ3) is 5.60. The maximum Gasteiger partial charge on any atom is 0.673 e. The number of nitrogens with zero attached hydrogens (tertiary/aromatic N) is 3. The molecule has 22 heavy (non-hydrogen) atoms. The van der Waals surface area contributed by atoms with Crippen molar-refractivity contribution in [1.82, 2.24) is 14.0 Å². The molecular weight excluding hydrogens is 320 g/mol. The average molecular weight is 345 g/mol. The third-order valence-electron chi connectivity index (χ3n) is 4.26. The number of rotatable bonds is 3. The lowest BCUT2D eigenvalue weighted by molar-refractivity contribution is 0.0895. The molecule has 0 bridgehead atoms. The van der Waals surface area contributed by atoms with E-state index in [-0.39, 0.29) is 6.23 Å². The molecule has 3 heterocycles. The van der Waals surface area contributed by atoms with Crippen LogP contribution < -0.4 is 0 Å². The van der Waals surface area contributed by atoms with Gasteiger partial charge in [0.15, 0.2) is 0 Å². The van der Waals surface area contributed by atoms with Gasteiger partial charge in [-0.25, -0.2) is 0 Å². The summed E-state index contributed by atoms with van der Waals surface area (Å²) < 4.78 is 46.8. The van der Waals surface area contributed by atoms with Gasteiger partial charge in [0.1, 0.15) is 6.23 Å². The van der Waals surface area contributed by atoms with E-state index < -0.39 is 15.6 Å². The summed E-state index contributed by atoms with van der Waals surface area (Å²) in [7, 11) is -6.78. The Balaban J connectivity index is 0.000000309. The van der Waals surface area contributed by atoms with Gasteiger partial charge in [-0.3, -0.25) is 0 Å². The van der Waals surface area contributed by atoms with Crippen LogP contribution in [0, 0.1) is 0 Å². The highest BCUT2D eigenvalue weighted by Crippen LogP contribution is 2.53. The first-order valence-electron chi connectivity index (χ1n) is 8.05. The molecule has 3 rings (SSSR count). The first-order chi connectivity index (χ1) is 10.4. The first-order valence-corrected chi connectivity index (χ1v) is 9.39. The summed E-state index contributed by atoms with van der Waals surface area (Å²) in [6.45, 7) is 6.15. The van der Waals surface area contributed by atoms with Gasteiger partial charge in [-0.2, -0.15) is 9.34 Å². The number of hydrogen-bond donors (Lipinski definition) is 1. The molecule has 1 N–H and O–H groups in total. The fraction of sp³-hybridized carbons (Fsp3) is 1.00. The zero-order valence-electron chi connectivity index (χ0n) is 12.7. The van der Waals surface area contributed by atoms with Crippen molar-refractivity contribution in [3.63, 3.8) is 0 Å². The van der Waals surface area contributed by atoms with Crippen molar-refractivity contribution in [3.05, 3.63) is 0 Å². The van der Waals surface area contributed by atoms with Crippen molar-refractivity contribution in [2.45, 2.75) is 44.8 Å². The lowest BCUT2D eigenvalue weighted by Gasteiger charge is -2.33. The summed E-state index contributed by atoms with van der Waals surface area (Å²) >= 11 is 0. The normalized spacial score (nSPS) is 28.4. The summed E-state index contributed by atoms with van der Waals surface area (Å²) in [6, 6.07) is 0. The molecule has 0 aromatic heterocycles. The molecule has 0 amide bonds. The van der Waals surface area contributed by atoms with Gasteiger partial charge in [-0.15, -0.1) is 4.67 Å². The van der Waals surface area contributed by atoms with Crippen molar-refractivity contribution in [3.8, 4) is 0 Å². The molecule has 1 unspecified atom stereocenters. The first kappa shape index (κ1) is 18.4. The molecule has 0 aliphatic carbocycles. The quantitative estimate of drug-likeness (QED) is 0.484. The van der Waals surface area contributed by atoms with E-state index in [1.165, 1.54) is 58.3 Å². The number of hydrogen-bond acceptors (Lipinski definition) is 4. The van der Waals surface area contributed by atoms with Crippen molar-refractivity contribution in [1.29, 1.82) is 0 Å². The molecule has 3 aliphatic heterocycles. The Kier molecular flexibility index (Phi) is 6.89. The number of aliphatic hydroxyl groups is 1. The predicted molar refractivity (Wildman–Crippen MR) is 82.1 cm³/mol. The van der Waals surface area contributed by atoms with Crippen molar-refractivity contribution in [2.24, 2.45) is 0 Å². The molecule has 0 spiro atoms. The Morgan fingerprint density at radius 1 is 0.773 bits per heavy atom.